The Bertz CT molecular complexity index is 1040. The Morgan fingerprint density at radius 2 is 2.09 bits per heavy atom. The van der Waals surface area contributed by atoms with Gasteiger partial charge in [0.2, 0.25) is 11.8 Å². The third-order valence-corrected chi connectivity index (χ3v) is 5.53. The van der Waals surface area contributed by atoms with Crippen LogP contribution in [0.1, 0.15) is 44.6 Å². The number of carbonyl (C=O) groups excluding carboxylic acids is 2. The number of carbonyl (C=O) groups is 2. The Kier molecular flexibility index (Phi) is 6.92. The molecule has 1 aliphatic heterocycles. The van der Waals surface area contributed by atoms with Gasteiger partial charge in [-0.25, -0.2) is 14.6 Å². The van der Waals surface area contributed by atoms with Crippen LogP contribution in [-0.4, -0.2) is 79.6 Å². The monoisotopic (exact) mass is 455 g/mol. The second-order valence-electron chi connectivity index (χ2n) is 9.20. The molecule has 1 saturated heterocycles. The first-order valence-electron chi connectivity index (χ1n) is 10.6. The number of β-amino-alcohol motifs (C(OH)–C–C–N with tert-alkyl or cyclic N) is 1. The topological polar surface area (TPSA) is 153 Å². The zero-order chi connectivity index (χ0) is 24.3. The molecule has 2 aromatic heterocycles. The van der Waals surface area contributed by atoms with Crippen molar-refractivity contribution in [2.24, 2.45) is 5.41 Å². The molecule has 0 aliphatic carbocycles. The lowest BCUT2D eigenvalue weighted by Crippen LogP contribution is -2.49. The number of anilines is 1. The summed E-state index contributed by atoms with van der Waals surface area (Å²) in [5.41, 5.74) is 0.301. The Hall–Kier alpha value is -3.59. The summed E-state index contributed by atoms with van der Waals surface area (Å²) in [4.78, 5) is 37.3. The van der Waals surface area contributed by atoms with E-state index in [1.165, 1.54) is 29.0 Å². The molecular formula is C21H29N9O3. The number of nitrogens with one attached hydrogen (secondary N) is 1. The molecule has 0 radical (unpaired) electrons. The molecule has 2 N–H and O–H groups in total. The molecule has 3 heterocycles. The van der Waals surface area contributed by atoms with Gasteiger partial charge in [0, 0.05) is 27.1 Å². The average Bonchev–Trinajstić information content (AvgIpc) is 3.38. The molecule has 0 saturated carbocycles. The quantitative estimate of drug-likeness (QED) is 0.606. The van der Waals surface area contributed by atoms with Crippen molar-refractivity contribution >= 4 is 17.6 Å². The molecule has 33 heavy (non-hydrogen) atoms. The van der Waals surface area contributed by atoms with Crippen molar-refractivity contribution in [3.05, 3.63) is 30.0 Å². The van der Waals surface area contributed by atoms with Crippen LogP contribution in [0.3, 0.4) is 0 Å². The van der Waals surface area contributed by atoms with Crippen LogP contribution in [0.4, 0.5) is 5.82 Å². The number of hydrogen-bond donors (Lipinski definition) is 2. The number of hydrogen-bond acceptors (Lipinski definition) is 9. The van der Waals surface area contributed by atoms with Crippen molar-refractivity contribution in [3.63, 3.8) is 0 Å². The van der Waals surface area contributed by atoms with E-state index in [2.05, 4.69) is 25.6 Å². The highest BCUT2D eigenvalue weighted by molar-refractivity contribution is 5.90. The predicted molar refractivity (Wildman–Crippen MR) is 118 cm³/mol. The molecule has 12 nitrogen and oxygen atoms in total. The van der Waals surface area contributed by atoms with E-state index in [1.807, 2.05) is 26.8 Å². The van der Waals surface area contributed by atoms with Gasteiger partial charge in [-0.3, -0.25) is 9.59 Å². The van der Waals surface area contributed by atoms with Crippen LogP contribution in [-0.2, 0) is 16.1 Å². The van der Waals surface area contributed by atoms with Crippen LogP contribution in [0.2, 0.25) is 0 Å². The maximum absolute atomic E-state index is 13.6. The summed E-state index contributed by atoms with van der Waals surface area (Å²) in [5.74, 6) is -0.0427. The van der Waals surface area contributed by atoms with Gasteiger partial charge in [-0.15, -0.1) is 5.10 Å². The first kappa shape index (κ1) is 24.1. The van der Waals surface area contributed by atoms with Gasteiger partial charge < -0.3 is 20.2 Å². The van der Waals surface area contributed by atoms with Crippen LogP contribution in [0, 0.1) is 16.7 Å². The Morgan fingerprint density at radius 3 is 2.67 bits per heavy atom. The number of aromatic nitrogens is 5. The molecule has 0 bridgehead atoms. The number of rotatable bonds is 6. The lowest BCUT2D eigenvalue weighted by atomic mass is 9.85. The summed E-state index contributed by atoms with van der Waals surface area (Å²) >= 11 is 0. The molecule has 2 unspecified atom stereocenters. The van der Waals surface area contributed by atoms with Gasteiger partial charge in [-0.2, -0.15) is 5.26 Å². The van der Waals surface area contributed by atoms with Gasteiger partial charge in [0.25, 0.3) is 0 Å². The lowest BCUT2D eigenvalue weighted by molar-refractivity contribution is -0.144. The van der Waals surface area contributed by atoms with Gasteiger partial charge in [-0.05, 0) is 5.41 Å². The molecular weight excluding hydrogens is 426 g/mol. The van der Waals surface area contributed by atoms with Crippen LogP contribution in [0.25, 0.3) is 0 Å². The minimum absolute atomic E-state index is 0.0884. The SMILES string of the molecule is CNC(=O)C1CC(O)CN1C(=O)[C@@H](n1cc(CN(C)c2cnc(C#N)cn2)nn1)C(C)(C)C. The molecule has 2 aromatic rings. The summed E-state index contributed by atoms with van der Waals surface area (Å²) in [6, 6.07) is 0.472. The van der Waals surface area contributed by atoms with E-state index >= 15 is 0 Å². The number of nitrogens with zero attached hydrogens (tertiary/aromatic N) is 8. The van der Waals surface area contributed by atoms with Crippen LogP contribution in [0.5, 0.6) is 0 Å². The maximum Gasteiger partial charge on any atom is 0.248 e. The third-order valence-electron chi connectivity index (χ3n) is 5.53. The molecule has 1 fully saturated rings. The molecule has 3 rings (SSSR count). The Labute approximate surface area is 192 Å². The van der Waals surface area contributed by atoms with Crippen LogP contribution < -0.4 is 10.2 Å². The number of aliphatic hydroxyl groups is 1. The zero-order valence-electron chi connectivity index (χ0n) is 19.4. The fourth-order valence-corrected chi connectivity index (χ4v) is 3.92. The fourth-order valence-electron chi connectivity index (χ4n) is 3.92. The van der Waals surface area contributed by atoms with E-state index in [1.54, 1.807) is 18.1 Å². The normalized spacial score (nSPS) is 19.1. The van der Waals surface area contributed by atoms with Gasteiger partial charge in [-0.1, -0.05) is 26.0 Å². The lowest BCUT2D eigenvalue weighted by Gasteiger charge is -2.34. The Morgan fingerprint density at radius 1 is 1.36 bits per heavy atom. The largest absolute Gasteiger partial charge is 0.391 e. The van der Waals surface area contributed by atoms with Crippen LogP contribution in [0.15, 0.2) is 18.6 Å². The number of amides is 2. The molecule has 1 aliphatic rings. The molecule has 0 spiro atoms. The van der Waals surface area contributed by atoms with Gasteiger partial charge >= 0.3 is 0 Å². The van der Waals surface area contributed by atoms with E-state index in [-0.39, 0.29) is 30.5 Å². The first-order chi connectivity index (χ1) is 15.5. The van der Waals surface area contributed by atoms with Crippen molar-refractivity contribution in [2.45, 2.75) is 51.9 Å². The molecule has 3 atom stereocenters. The molecule has 2 amide bonds. The van der Waals surface area contributed by atoms with Gasteiger partial charge in [0.05, 0.1) is 31.2 Å². The number of aliphatic hydroxyl groups excluding tert-OH is 1. The fraction of sp³-hybridized carbons (Fsp3) is 0.571. The zero-order valence-corrected chi connectivity index (χ0v) is 19.4. The second-order valence-corrected chi connectivity index (χ2v) is 9.20. The smallest absolute Gasteiger partial charge is 0.248 e. The average molecular weight is 456 g/mol. The third kappa shape index (κ3) is 5.25. The van der Waals surface area contributed by atoms with E-state index < -0.39 is 23.6 Å². The summed E-state index contributed by atoms with van der Waals surface area (Å²) < 4.78 is 1.52. The van der Waals surface area contributed by atoms with E-state index in [0.717, 1.165) is 0 Å². The summed E-state index contributed by atoms with van der Waals surface area (Å²) in [6.45, 7) is 6.18. The summed E-state index contributed by atoms with van der Waals surface area (Å²) in [6.07, 6.45) is 4.03. The molecule has 12 heteroatoms. The highest BCUT2D eigenvalue weighted by Gasteiger charge is 2.45. The van der Waals surface area contributed by atoms with Crippen molar-refractivity contribution in [2.75, 3.05) is 25.5 Å². The first-order valence-corrected chi connectivity index (χ1v) is 10.6. The van der Waals surface area contributed by atoms with Crippen molar-refractivity contribution in [1.82, 2.24) is 35.2 Å². The maximum atomic E-state index is 13.6. The van der Waals surface area contributed by atoms with Crippen molar-refractivity contribution < 1.29 is 14.7 Å². The van der Waals surface area contributed by atoms with Crippen LogP contribution >= 0.6 is 0 Å². The van der Waals surface area contributed by atoms with Gasteiger partial charge in [0.15, 0.2) is 5.69 Å². The standard InChI is InChI=1S/C21H29N9O3/c1-21(2,3)18(20(33)29-12-15(31)6-16(29)19(32)23-4)30-11-14(26-27-30)10-28(5)17-9-24-13(7-22)8-25-17/h8-9,11,15-16,18,31H,6,10,12H2,1-5H3,(H,23,32)/t15?,16?,18-/m1/s1. The highest BCUT2D eigenvalue weighted by atomic mass is 16.3. The number of likely N-dealkylation sites (tertiary alicyclic amines) is 1. The Balaban J connectivity index is 1.82. The number of nitriles is 1. The minimum atomic E-state index is -0.759. The summed E-state index contributed by atoms with van der Waals surface area (Å²) in [7, 11) is 3.32. The molecule has 176 valence electrons. The van der Waals surface area contributed by atoms with E-state index in [0.29, 0.717) is 18.1 Å². The van der Waals surface area contributed by atoms with E-state index in [9.17, 15) is 14.7 Å². The van der Waals surface area contributed by atoms with E-state index in [4.69, 9.17) is 5.26 Å². The predicted octanol–water partition coefficient (Wildman–Crippen LogP) is -0.129. The highest BCUT2D eigenvalue weighted by Crippen LogP contribution is 2.34. The second kappa shape index (κ2) is 9.50. The van der Waals surface area contributed by atoms with Gasteiger partial charge in [0.1, 0.15) is 29.7 Å². The summed E-state index contributed by atoms with van der Waals surface area (Å²) in [5, 5.41) is 30.0. The van der Waals surface area contributed by atoms with Crippen molar-refractivity contribution in [1.29, 1.82) is 5.26 Å². The minimum Gasteiger partial charge on any atom is -0.391 e. The van der Waals surface area contributed by atoms with Crippen molar-refractivity contribution in [3.8, 4) is 6.07 Å². The molecule has 0 aromatic carbocycles. The number of likely N-dealkylation sites (N-methyl/N-ethyl adjacent to an activating group) is 1.